The molecule has 0 aromatic heterocycles. The zero-order valence-electron chi connectivity index (χ0n) is 25.5. The van der Waals surface area contributed by atoms with Crippen LogP contribution in [0.25, 0.3) is 11.1 Å². The number of rotatable bonds is 11. The Labute approximate surface area is 251 Å². The second kappa shape index (κ2) is 13.7. The Morgan fingerprint density at radius 3 is 1.79 bits per heavy atom. The molecular formula is C32H41N3O8. The predicted molar refractivity (Wildman–Crippen MR) is 159 cm³/mol. The summed E-state index contributed by atoms with van der Waals surface area (Å²) < 4.78 is 16.1. The van der Waals surface area contributed by atoms with Gasteiger partial charge in [-0.3, -0.25) is 19.2 Å². The lowest BCUT2D eigenvalue weighted by atomic mass is 9.98. The molecular weight excluding hydrogens is 554 g/mol. The number of benzene rings is 2. The van der Waals surface area contributed by atoms with Crippen LogP contribution in [0.1, 0.15) is 77.8 Å². The Morgan fingerprint density at radius 2 is 1.28 bits per heavy atom. The molecule has 1 aliphatic rings. The Bertz CT molecular complexity index is 1310. The Morgan fingerprint density at radius 1 is 0.767 bits per heavy atom. The summed E-state index contributed by atoms with van der Waals surface area (Å²) in [4.78, 5) is 63.0. The van der Waals surface area contributed by atoms with Crippen LogP contribution in [-0.2, 0) is 33.4 Å². The zero-order chi connectivity index (χ0) is 31.9. The Balaban J connectivity index is 1.70. The molecule has 0 saturated heterocycles. The second-order valence-electron chi connectivity index (χ2n) is 12.4. The topological polar surface area (TPSA) is 163 Å². The number of esters is 2. The number of primary amides is 1. The number of ether oxygens (including phenoxy) is 3. The summed E-state index contributed by atoms with van der Waals surface area (Å²) >= 11 is 0. The second-order valence-corrected chi connectivity index (χ2v) is 12.4. The molecule has 0 spiro atoms. The summed E-state index contributed by atoms with van der Waals surface area (Å²) in [5, 5.41) is 4.86. The molecule has 3 rings (SSSR count). The monoisotopic (exact) mass is 595 g/mol. The van der Waals surface area contributed by atoms with E-state index in [0.29, 0.717) is 0 Å². The molecule has 11 nitrogen and oxygen atoms in total. The summed E-state index contributed by atoms with van der Waals surface area (Å²) in [6, 6.07) is 13.0. The first kappa shape index (κ1) is 33.1. The molecule has 11 heteroatoms. The highest BCUT2D eigenvalue weighted by molar-refractivity contribution is 5.93. The van der Waals surface area contributed by atoms with Crippen LogP contribution >= 0.6 is 0 Å². The minimum absolute atomic E-state index is 0.0135. The van der Waals surface area contributed by atoms with E-state index < -0.39 is 59.6 Å². The van der Waals surface area contributed by atoms with E-state index in [9.17, 15) is 24.0 Å². The van der Waals surface area contributed by atoms with E-state index in [1.54, 1.807) is 41.5 Å². The van der Waals surface area contributed by atoms with Crippen molar-refractivity contribution < 1.29 is 38.2 Å². The molecule has 0 saturated carbocycles. The number of nitrogens with one attached hydrogen (secondary N) is 2. The molecule has 232 valence electrons. The highest BCUT2D eigenvalue weighted by atomic mass is 16.6. The van der Waals surface area contributed by atoms with Gasteiger partial charge < -0.3 is 30.6 Å². The lowest BCUT2D eigenvalue weighted by Crippen LogP contribution is -2.54. The average molecular weight is 596 g/mol. The van der Waals surface area contributed by atoms with Crippen LogP contribution in [0, 0.1) is 0 Å². The Hall–Kier alpha value is -4.41. The number of alkyl carbamates (subject to hydrolysis) is 1. The summed E-state index contributed by atoms with van der Waals surface area (Å²) in [6.07, 6.45) is -1.80. The van der Waals surface area contributed by atoms with E-state index in [-0.39, 0.29) is 25.4 Å². The maximum atomic E-state index is 13.2. The molecule has 0 aliphatic heterocycles. The lowest BCUT2D eigenvalue weighted by Gasteiger charge is -2.24. The summed E-state index contributed by atoms with van der Waals surface area (Å²) in [7, 11) is 0. The SMILES string of the molecule is CC(C)(C)OC(=O)CC[C@H](NC(=O)[C@H](CC(=O)OC(C)(C)C)NC(=O)OCC1c2ccccc2-c2ccccc21)C(N)=O. The van der Waals surface area contributed by atoms with Gasteiger partial charge in [-0.05, 0) is 70.2 Å². The number of hydrogen-bond acceptors (Lipinski definition) is 8. The molecule has 2 aromatic carbocycles. The number of amides is 3. The van der Waals surface area contributed by atoms with Gasteiger partial charge in [-0.15, -0.1) is 0 Å². The highest BCUT2D eigenvalue weighted by Gasteiger charge is 2.32. The van der Waals surface area contributed by atoms with Crippen LogP contribution in [0.2, 0.25) is 0 Å². The van der Waals surface area contributed by atoms with Crippen LogP contribution in [0.5, 0.6) is 0 Å². The van der Waals surface area contributed by atoms with E-state index >= 15 is 0 Å². The van der Waals surface area contributed by atoms with Crippen molar-refractivity contribution in [3.05, 3.63) is 59.7 Å². The molecule has 0 unspecified atom stereocenters. The molecule has 0 heterocycles. The molecule has 0 bridgehead atoms. The number of nitrogens with two attached hydrogens (primary N) is 1. The van der Waals surface area contributed by atoms with E-state index in [2.05, 4.69) is 10.6 Å². The first-order valence-electron chi connectivity index (χ1n) is 14.2. The van der Waals surface area contributed by atoms with Crippen LogP contribution in [0.4, 0.5) is 4.79 Å². The fraction of sp³-hybridized carbons (Fsp3) is 0.469. The predicted octanol–water partition coefficient (Wildman–Crippen LogP) is 3.72. The van der Waals surface area contributed by atoms with Crippen molar-refractivity contribution in [1.82, 2.24) is 10.6 Å². The molecule has 1 aliphatic carbocycles. The van der Waals surface area contributed by atoms with Gasteiger partial charge in [0.2, 0.25) is 11.8 Å². The van der Waals surface area contributed by atoms with E-state index in [1.165, 1.54) is 0 Å². The van der Waals surface area contributed by atoms with E-state index in [0.717, 1.165) is 22.3 Å². The summed E-state index contributed by atoms with van der Waals surface area (Å²) in [6.45, 7) is 10.1. The minimum atomic E-state index is -1.45. The molecule has 2 atom stereocenters. The third kappa shape index (κ3) is 9.83. The Kier molecular flexibility index (Phi) is 10.6. The maximum absolute atomic E-state index is 13.2. The summed E-state index contributed by atoms with van der Waals surface area (Å²) in [5.41, 5.74) is 8.02. The highest BCUT2D eigenvalue weighted by Crippen LogP contribution is 2.44. The number of hydrogen-bond donors (Lipinski definition) is 3. The molecule has 3 amide bonds. The number of fused-ring (bicyclic) bond motifs is 3. The van der Waals surface area contributed by atoms with Crippen molar-refractivity contribution in [3.63, 3.8) is 0 Å². The largest absolute Gasteiger partial charge is 0.460 e. The van der Waals surface area contributed by atoms with Crippen LogP contribution in [-0.4, -0.2) is 59.7 Å². The van der Waals surface area contributed by atoms with Gasteiger partial charge in [-0.1, -0.05) is 48.5 Å². The lowest BCUT2D eigenvalue weighted by molar-refractivity contribution is -0.156. The number of carbonyl (C=O) groups is 5. The van der Waals surface area contributed by atoms with Crippen molar-refractivity contribution in [1.29, 1.82) is 0 Å². The van der Waals surface area contributed by atoms with Gasteiger partial charge in [0.05, 0.1) is 6.42 Å². The molecule has 0 fully saturated rings. The first-order chi connectivity index (χ1) is 20.0. The van der Waals surface area contributed by atoms with Crippen molar-refractivity contribution in [3.8, 4) is 11.1 Å². The summed E-state index contributed by atoms with van der Waals surface area (Å²) in [5.74, 6) is -3.31. The van der Waals surface area contributed by atoms with Crippen molar-refractivity contribution in [2.24, 2.45) is 5.73 Å². The van der Waals surface area contributed by atoms with Gasteiger partial charge in [-0.25, -0.2) is 4.79 Å². The molecule has 2 aromatic rings. The van der Waals surface area contributed by atoms with Crippen molar-refractivity contribution in [2.75, 3.05) is 6.61 Å². The normalized spacial score (nSPS) is 14.0. The van der Waals surface area contributed by atoms with Gasteiger partial charge in [-0.2, -0.15) is 0 Å². The van der Waals surface area contributed by atoms with E-state index in [4.69, 9.17) is 19.9 Å². The average Bonchev–Trinajstić information content (AvgIpc) is 3.20. The van der Waals surface area contributed by atoms with Crippen molar-refractivity contribution in [2.45, 2.75) is 90.0 Å². The van der Waals surface area contributed by atoms with Gasteiger partial charge >= 0.3 is 18.0 Å². The quantitative estimate of drug-likeness (QED) is 0.261. The van der Waals surface area contributed by atoms with E-state index in [1.807, 2.05) is 48.5 Å². The third-order valence-corrected chi connectivity index (χ3v) is 6.46. The fourth-order valence-electron chi connectivity index (χ4n) is 4.75. The standard InChI is InChI=1S/C32H41N3O8/c1-31(2,3)42-26(36)16-15-24(28(33)38)34-29(39)25(17-27(37)43-32(4,5)6)35-30(40)41-18-23-21-13-9-7-11-19(21)20-12-8-10-14-22(20)23/h7-14,23-25H,15-18H2,1-6H3,(H2,33,38)(H,34,39)(H,35,40)/t24-,25-/m0/s1. The minimum Gasteiger partial charge on any atom is -0.460 e. The molecule has 0 radical (unpaired) electrons. The van der Waals surface area contributed by atoms with Crippen LogP contribution < -0.4 is 16.4 Å². The van der Waals surface area contributed by atoms with Gasteiger partial charge in [0.25, 0.3) is 0 Å². The first-order valence-corrected chi connectivity index (χ1v) is 14.2. The smallest absolute Gasteiger partial charge is 0.407 e. The van der Waals surface area contributed by atoms with Crippen LogP contribution in [0.15, 0.2) is 48.5 Å². The van der Waals surface area contributed by atoms with Gasteiger partial charge in [0.1, 0.15) is 29.9 Å². The van der Waals surface area contributed by atoms with Gasteiger partial charge in [0, 0.05) is 12.3 Å². The van der Waals surface area contributed by atoms with Crippen LogP contribution in [0.3, 0.4) is 0 Å². The molecule has 4 N–H and O–H groups in total. The van der Waals surface area contributed by atoms with Gasteiger partial charge in [0.15, 0.2) is 0 Å². The number of carbonyl (C=O) groups excluding carboxylic acids is 5. The fourth-order valence-corrected chi connectivity index (χ4v) is 4.75. The zero-order valence-corrected chi connectivity index (χ0v) is 25.5. The third-order valence-electron chi connectivity index (χ3n) is 6.46. The maximum Gasteiger partial charge on any atom is 0.407 e. The van der Waals surface area contributed by atoms with Crippen molar-refractivity contribution >= 4 is 29.8 Å². The molecule has 43 heavy (non-hydrogen) atoms.